The van der Waals surface area contributed by atoms with Crippen molar-refractivity contribution in [3.8, 4) is 61.3 Å². The van der Waals surface area contributed by atoms with Gasteiger partial charge in [0.2, 0.25) is 0 Å². The second kappa shape index (κ2) is 16.8. The molecule has 1 aromatic heterocycles. The highest BCUT2D eigenvalue weighted by Crippen LogP contribution is 2.45. The lowest BCUT2D eigenvalue weighted by atomic mass is 9.95. The highest BCUT2D eigenvalue weighted by atomic mass is 15.1. The molecule has 2 heteroatoms. The summed E-state index contributed by atoms with van der Waals surface area (Å²) in [5.74, 6) is 0. The largest absolute Gasteiger partial charge is 0.310 e. The normalized spacial score (nSPS) is 11.3. The van der Waals surface area contributed by atoms with Crippen LogP contribution in [0.25, 0.3) is 93.9 Å². The average molecular weight is 841 g/mol. The van der Waals surface area contributed by atoms with Crippen LogP contribution in [0.3, 0.4) is 0 Å². The second-order valence-electron chi connectivity index (χ2n) is 16.9. The first-order valence-corrected chi connectivity index (χ1v) is 22.7. The number of nitrogens with zero attached hydrogens (tertiary/aromatic N) is 2. The minimum Gasteiger partial charge on any atom is -0.310 e. The minimum atomic E-state index is 1.07. The van der Waals surface area contributed by atoms with Crippen LogP contribution in [0.2, 0.25) is 0 Å². The summed E-state index contributed by atoms with van der Waals surface area (Å²) in [6.45, 7) is 0. The van der Waals surface area contributed by atoms with Gasteiger partial charge in [0.05, 0.1) is 22.4 Å². The number of rotatable bonds is 9. The first kappa shape index (κ1) is 38.9. The molecular formula is C64H44N2. The Morgan fingerprint density at radius 2 is 0.682 bits per heavy atom. The number of hydrogen-bond acceptors (Lipinski definition) is 1. The number of hydrogen-bond donors (Lipinski definition) is 0. The monoisotopic (exact) mass is 840 g/mol. The molecule has 12 rings (SSSR count). The van der Waals surface area contributed by atoms with E-state index in [4.69, 9.17) is 0 Å². The van der Waals surface area contributed by atoms with Crippen molar-refractivity contribution in [3.05, 3.63) is 267 Å². The average Bonchev–Trinajstić information content (AvgIpc) is 3.74. The van der Waals surface area contributed by atoms with E-state index in [-0.39, 0.29) is 0 Å². The Bertz CT molecular complexity index is 3600. The van der Waals surface area contributed by atoms with E-state index in [1.165, 1.54) is 82.6 Å². The second-order valence-corrected chi connectivity index (χ2v) is 16.9. The molecule has 0 bridgehead atoms. The summed E-state index contributed by atoms with van der Waals surface area (Å²) in [6, 6.07) is 96.9. The predicted octanol–water partition coefficient (Wildman–Crippen LogP) is 17.7. The lowest BCUT2D eigenvalue weighted by molar-refractivity contribution is 1.18. The van der Waals surface area contributed by atoms with Crippen molar-refractivity contribution < 1.29 is 0 Å². The first-order valence-electron chi connectivity index (χ1n) is 22.7. The Labute approximate surface area is 385 Å². The number of para-hydroxylation sites is 3. The van der Waals surface area contributed by atoms with Crippen LogP contribution < -0.4 is 4.90 Å². The standard InChI is InChI=1S/C64H44N2/c1-3-16-45(17-4-1)47-30-32-48(33-31-47)49-34-39-53(40-35-49)65(61-27-12-9-23-57(61)56-26-15-21-50-20-7-8-22-55(50)56)54-41-36-51(37-42-54)60-44-52(46-18-5-2-6-19-46)38-43-64(60)66-62-28-13-10-24-58(62)59-25-11-14-29-63(59)66/h1-44H. The van der Waals surface area contributed by atoms with E-state index >= 15 is 0 Å². The number of aromatic nitrogens is 1. The summed E-state index contributed by atoms with van der Waals surface area (Å²) in [7, 11) is 0. The van der Waals surface area contributed by atoms with Crippen LogP contribution >= 0.6 is 0 Å². The van der Waals surface area contributed by atoms with Gasteiger partial charge in [0, 0.05) is 33.3 Å². The topological polar surface area (TPSA) is 8.17 Å². The lowest BCUT2D eigenvalue weighted by Crippen LogP contribution is -2.11. The minimum absolute atomic E-state index is 1.07. The molecule has 0 fully saturated rings. The summed E-state index contributed by atoms with van der Waals surface area (Å²) >= 11 is 0. The van der Waals surface area contributed by atoms with Gasteiger partial charge in [0.25, 0.3) is 0 Å². The molecule has 0 atom stereocenters. The Balaban J connectivity index is 1.00. The van der Waals surface area contributed by atoms with Gasteiger partial charge in [-0.25, -0.2) is 0 Å². The molecule has 66 heavy (non-hydrogen) atoms. The van der Waals surface area contributed by atoms with Crippen LogP contribution in [-0.2, 0) is 0 Å². The van der Waals surface area contributed by atoms with Gasteiger partial charge in [-0.1, -0.05) is 212 Å². The van der Waals surface area contributed by atoms with E-state index in [0.717, 1.165) is 28.3 Å². The number of anilines is 3. The molecular weight excluding hydrogens is 797 g/mol. The molecule has 0 spiro atoms. The highest BCUT2D eigenvalue weighted by Gasteiger charge is 2.21. The first-order chi connectivity index (χ1) is 32.7. The Hall–Kier alpha value is -8.72. The molecule has 0 aliphatic carbocycles. The smallest absolute Gasteiger partial charge is 0.0541 e. The van der Waals surface area contributed by atoms with Crippen molar-refractivity contribution in [1.82, 2.24) is 4.57 Å². The van der Waals surface area contributed by atoms with Gasteiger partial charge in [-0.15, -0.1) is 0 Å². The number of fused-ring (bicyclic) bond motifs is 4. The summed E-state index contributed by atoms with van der Waals surface area (Å²) in [4.78, 5) is 2.41. The molecule has 1 heterocycles. The Morgan fingerprint density at radius 1 is 0.258 bits per heavy atom. The maximum atomic E-state index is 2.44. The third-order valence-electron chi connectivity index (χ3n) is 13.0. The van der Waals surface area contributed by atoms with Crippen molar-refractivity contribution in [2.75, 3.05) is 4.90 Å². The van der Waals surface area contributed by atoms with Crippen LogP contribution in [0, 0.1) is 0 Å². The summed E-state index contributed by atoms with van der Waals surface area (Å²) < 4.78 is 2.44. The van der Waals surface area contributed by atoms with Crippen LogP contribution in [0.4, 0.5) is 17.1 Å². The Kier molecular flexibility index (Phi) is 9.89. The molecule has 310 valence electrons. The molecule has 12 aromatic rings. The van der Waals surface area contributed by atoms with Gasteiger partial charge in [-0.3, -0.25) is 0 Å². The van der Waals surface area contributed by atoms with Gasteiger partial charge in [-0.2, -0.15) is 0 Å². The molecule has 0 aliphatic rings. The molecule has 0 aliphatic heterocycles. The van der Waals surface area contributed by atoms with E-state index in [1.54, 1.807) is 0 Å². The zero-order valence-electron chi connectivity index (χ0n) is 36.3. The van der Waals surface area contributed by atoms with Gasteiger partial charge in [0.1, 0.15) is 0 Å². The number of benzene rings is 11. The zero-order valence-corrected chi connectivity index (χ0v) is 36.3. The van der Waals surface area contributed by atoms with Crippen molar-refractivity contribution in [1.29, 1.82) is 0 Å². The lowest BCUT2D eigenvalue weighted by Gasteiger charge is -2.28. The zero-order chi connectivity index (χ0) is 43.8. The molecule has 0 saturated carbocycles. The molecule has 0 radical (unpaired) electrons. The van der Waals surface area contributed by atoms with E-state index < -0.39 is 0 Å². The van der Waals surface area contributed by atoms with Crippen molar-refractivity contribution in [2.45, 2.75) is 0 Å². The van der Waals surface area contributed by atoms with Crippen LogP contribution in [0.5, 0.6) is 0 Å². The molecule has 11 aromatic carbocycles. The third kappa shape index (κ3) is 7.02. The molecule has 0 unspecified atom stereocenters. The van der Waals surface area contributed by atoms with Gasteiger partial charge in [-0.05, 0) is 110 Å². The SMILES string of the molecule is c1ccc(-c2ccc(-c3ccc(N(c4ccc(-c5cc(-c6ccccc6)ccc5-n5c6ccccc6c6ccccc65)cc4)c4ccccc4-c4cccc5ccccc45)cc3)cc2)cc1. The van der Waals surface area contributed by atoms with E-state index in [1.807, 2.05) is 0 Å². The summed E-state index contributed by atoms with van der Waals surface area (Å²) in [6.07, 6.45) is 0. The van der Waals surface area contributed by atoms with Crippen molar-refractivity contribution in [2.24, 2.45) is 0 Å². The fourth-order valence-corrected chi connectivity index (χ4v) is 9.82. The summed E-state index contributed by atoms with van der Waals surface area (Å²) in [5, 5.41) is 4.95. The molecule has 0 amide bonds. The Morgan fingerprint density at radius 3 is 1.30 bits per heavy atom. The predicted molar refractivity (Wildman–Crippen MR) is 280 cm³/mol. The van der Waals surface area contributed by atoms with Crippen molar-refractivity contribution in [3.63, 3.8) is 0 Å². The van der Waals surface area contributed by atoms with E-state index in [0.29, 0.717) is 0 Å². The maximum Gasteiger partial charge on any atom is 0.0541 e. The van der Waals surface area contributed by atoms with E-state index in [2.05, 4.69) is 276 Å². The van der Waals surface area contributed by atoms with Crippen LogP contribution in [0.1, 0.15) is 0 Å². The van der Waals surface area contributed by atoms with Gasteiger partial charge >= 0.3 is 0 Å². The fourth-order valence-electron chi connectivity index (χ4n) is 9.82. The highest BCUT2D eigenvalue weighted by molar-refractivity contribution is 6.10. The van der Waals surface area contributed by atoms with Crippen LogP contribution in [-0.4, -0.2) is 4.57 Å². The van der Waals surface area contributed by atoms with E-state index in [9.17, 15) is 0 Å². The molecule has 0 saturated heterocycles. The van der Waals surface area contributed by atoms with Gasteiger partial charge < -0.3 is 9.47 Å². The molecule has 0 N–H and O–H groups in total. The maximum absolute atomic E-state index is 2.44. The fraction of sp³-hybridized carbons (Fsp3) is 0. The third-order valence-corrected chi connectivity index (χ3v) is 13.0. The van der Waals surface area contributed by atoms with Crippen LogP contribution in [0.15, 0.2) is 267 Å². The van der Waals surface area contributed by atoms with Gasteiger partial charge in [0.15, 0.2) is 0 Å². The molecule has 2 nitrogen and oxygen atoms in total. The quantitative estimate of drug-likeness (QED) is 0.141. The summed E-state index contributed by atoms with van der Waals surface area (Å²) in [5.41, 5.74) is 18.6. The van der Waals surface area contributed by atoms with Crippen molar-refractivity contribution >= 4 is 49.6 Å².